The molecule has 2 heterocycles. The molecule has 0 bridgehead atoms. The zero-order valence-electron chi connectivity index (χ0n) is 23.8. The molecule has 0 fully saturated rings. The largest absolute Gasteiger partial charge is 0.491 e. The minimum atomic E-state index is -4.65. The third-order valence-corrected chi connectivity index (χ3v) is 7.27. The number of ether oxygens (including phenoxy) is 2. The molecule has 7 nitrogen and oxygen atoms in total. The summed E-state index contributed by atoms with van der Waals surface area (Å²) < 4.78 is 76.0. The van der Waals surface area contributed by atoms with Crippen molar-refractivity contribution >= 4 is 21.9 Å². The lowest BCUT2D eigenvalue weighted by atomic mass is 10.00. The van der Waals surface area contributed by atoms with Gasteiger partial charge in [-0.1, -0.05) is 42.5 Å². The summed E-state index contributed by atoms with van der Waals surface area (Å²) in [5.41, 5.74) is -1.63. The molecule has 2 aromatic heterocycles. The van der Waals surface area contributed by atoms with Crippen LogP contribution in [0.2, 0.25) is 0 Å². The van der Waals surface area contributed by atoms with Crippen LogP contribution < -0.4 is 20.7 Å². The fourth-order valence-corrected chi connectivity index (χ4v) is 5.04. The molecule has 1 unspecified atom stereocenters. The van der Waals surface area contributed by atoms with Gasteiger partial charge in [0.1, 0.15) is 48.7 Å². The number of aliphatic hydroxyl groups excluding tert-OH is 1. The first kappa shape index (κ1) is 30.6. The highest BCUT2D eigenvalue weighted by Gasteiger charge is 2.34. The van der Waals surface area contributed by atoms with E-state index in [2.05, 4.69) is 0 Å². The number of benzene rings is 4. The van der Waals surface area contributed by atoms with E-state index >= 15 is 0 Å². The Morgan fingerprint density at radius 2 is 1.15 bits per heavy atom. The minimum Gasteiger partial charge on any atom is -0.491 e. The topological polar surface area (TPSA) is 99.1 Å². The number of hydrogen-bond acceptors (Lipinski definition) is 7. The van der Waals surface area contributed by atoms with E-state index in [0.717, 1.165) is 6.07 Å². The van der Waals surface area contributed by atoms with Gasteiger partial charge in [-0.15, -0.1) is 0 Å². The van der Waals surface area contributed by atoms with Crippen LogP contribution in [0.15, 0.2) is 115 Å². The van der Waals surface area contributed by atoms with Gasteiger partial charge in [0, 0.05) is 28.5 Å². The van der Waals surface area contributed by atoms with E-state index in [9.17, 15) is 32.3 Å². The van der Waals surface area contributed by atoms with Crippen molar-refractivity contribution in [3.63, 3.8) is 0 Å². The van der Waals surface area contributed by atoms with Gasteiger partial charge in [-0.05, 0) is 53.6 Å². The maximum absolute atomic E-state index is 13.5. The fraction of sp³-hybridized carbons (Fsp3) is 0.143. The molecule has 0 aliphatic heterocycles. The molecule has 0 saturated carbocycles. The number of fused-ring (bicyclic) bond motifs is 2. The van der Waals surface area contributed by atoms with Gasteiger partial charge >= 0.3 is 17.4 Å². The maximum Gasteiger partial charge on any atom is 0.417 e. The van der Waals surface area contributed by atoms with Crippen LogP contribution in [0.4, 0.5) is 17.6 Å². The van der Waals surface area contributed by atoms with Gasteiger partial charge in [0.25, 0.3) is 0 Å². The molecule has 0 aliphatic carbocycles. The maximum atomic E-state index is 13.5. The van der Waals surface area contributed by atoms with Gasteiger partial charge in [-0.2, -0.15) is 13.2 Å². The van der Waals surface area contributed by atoms with Gasteiger partial charge < -0.3 is 23.4 Å². The van der Waals surface area contributed by atoms with E-state index in [-0.39, 0.29) is 46.8 Å². The highest BCUT2D eigenvalue weighted by molar-refractivity contribution is 5.84. The molecule has 11 heteroatoms. The monoisotopic (exact) mass is 632 g/mol. The zero-order chi connectivity index (χ0) is 32.4. The first-order valence-corrected chi connectivity index (χ1v) is 14.0. The van der Waals surface area contributed by atoms with Crippen molar-refractivity contribution in [3.05, 3.63) is 129 Å². The number of alkyl halides is 4. The van der Waals surface area contributed by atoms with E-state index in [0.29, 0.717) is 27.6 Å². The van der Waals surface area contributed by atoms with Crippen LogP contribution in [-0.2, 0) is 12.9 Å². The van der Waals surface area contributed by atoms with E-state index in [1.807, 2.05) is 0 Å². The molecule has 0 spiro atoms. The molecule has 0 saturated heterocycles. The lowest BCUT2D eigenvalue weighted by Gasteiger charge is -2.14. The fourth-order valence-electron chi connectivity index (χ4n) is 5.04. The van der Waals surface area contributed by atoms with Crippen LogP contribution in [-0.4, -0.2) is 24.4 Å². The third-order valence-electron chi connectivity index (χ3n) is 7.27. The Labute approximate surface area is 257 Å². The summed E-state index contributed by atoms with van der Waals surface area (Å²) in [6.07, 6.45) is -5.74. The lowest BCUT2D eigenvalue weighted by Crippen LogP contribution is -2.25. The average Bonchev–Trinajstić information content (AvgIpc) is 3.05. The Morgan fingerprint density at radius 1 is 0.652 bits per heavy atom. The summed E-state index contributed by atoms with van der Waals surface area (Å²) in [6, 6.07) is 23.6. The van der Waals surface area contributed by atoms with Crippen molar-refractivity contribution in [3.8, 4) is 33.8 Å². The zero-order valence-corrected chi connectivity index (χ0v) is 23.8. The van der Waals surface area contributed by atoms with Gasteiger partial charge in [0.2, 0.25) is 0 Å². The highest BCUT2D eigenvalue weighted by atomic mass is 19.4. The van der Waals surface area contributed by atoms with Gasteiger partial charge in [0.15, 0.2) is 0 Å². The second kappa shape index (κ2) is 12.5. The molecule has 0 radical (unpaired) electrons. The molecule has 1 N–H and O–H groups in total. The Morgan fingerprint density at radius 3 is 1.70 bits per heavy atom. The molecule has 4 aromatic carbocycles. The van der Waals surface area contributed by atoms with Crippen molar-refractivity contribution < 1.29 is 41.0 Å². The van der Waals surface area contributed by atoms with Crippen LogP contribution in [0, 0.1) is 0 Å². The predicted molar refractivity (Wildman–Crippen MR) is 163 cm³/mol. The van der Waals surface area contributed by atoms with Gasteiger partial charge in [-0.3, -0.25) is 0 Å². The summed E-state index contributed by atoms with van der Waals surface area (Å²) in [5.74, 6) is 0.567. The highest BCUT2D eigenvalue weighted by Crippen LogP contribution is 2.37. The summed E-state index contributed by atoms with van der Waals surface area (Å²) >= 11 is 0. The molecule has 234 valence electrons. The first-order valence-electron chi connectivity index (χ1n) is 14.0. The molecule has 0 amide bonds. The Balaban J connectivity index is 1.11. The van der Waals surface area contributed by atoms with Crippen LogP contribution in [0.1, 0.15) is 11.1 Å². The normalized spacial score (nSPS) is 12.4. The van der Waals surface area contributed by atoms with Crippen molar-refractivity contribution in [1.29, 1.82) is 0 Å². The summed E-state index contributed by atoms with van der Waals surface area (Å²) in [4.78, 5) is 25.3. The van der Waals surface area contributed by atoms with E-state index in [4.69, 9.17) is 18.3 Å². The standard InChI is InChI=1S/C35H24F4O7/c36-17-22-5-1-2-6-26(22)28-13-20-9-11-24(15-31(20)45-33(28)41)43-18-23(40)19-44-25-12-10-21-14-29(34(42)46-32(21)16-25)27-7-3-4-8-30(27)35(37,38)39/h1-16,23,40H,17-19H2. The van der Waals surface area contributed by atoms with Crippen LogP contribution in [0.3, 0.4) is 0 Å². The van der Waals surface area contributed by atoms with Gasteiger partial charge in [-0.25, -0.2) is 14.0 Å². The second-order valence-electron chi connectivity index (χ2n) is 10.4. The molecule has 6 aromatic rings. The van der Waals surface area contributed by atoms with Crippen molar-refractivity contribution in [2.24, 2.45) is 0 Å². The summed E-state index contributed by atoms with van der Waals surface area (Å²) in [6.45, 7) is -1.11. The molecule has 6 rings (SSSR count). The van der Waals surface area contributed by atoms with E-state index < -0.39 is 35.8 Å². The first-order chi connectivity index (χ1) is 22.1. The lowest BCUT2D eigenvalue weighted by molar-refractivity contribution is -0.137. The predicted octanol–water partition coefficient (Wildman–Crippen LogP) is 7.54. The number of aliphatic hydroxyl groups is 1. The van der Waals surface area contributed by atoms with Crippen molar-refractivity contribution in [2.75, 3.05) is 13.2 Å². The van der Waals surface area contributed by atoms with Crippen molar-refractivity contribution in [1.82, 2.24) is 0 Å². The van der Waals surface area contributed by atoms with Gasteiger partial charge in [0.05, 0.1) is 16.7 Å². The summed E-state index contributed by atoms with van der Waals surface area (Å²) in [7, 11) is 0. The molecule has 1 atom stereocenters. The van der Waals surface area contributed by atoms with E-state index in [1.165, 1.54) is 48.5 Å². The van der Waals surface area contributed by atoms with Crippen LogP contribution in [0.25, 0.3) is 44.2 Å². The Hall–Kier alpha value is -5.42. The number of halogens is 4. The SMILES string of the molecule is O=c1oc2cc(OCC(O)COc3ccc4cc(-c5ccccc5C(F)(F)F)c(=O)oc4c3)ccc2cc1-c1ccccc1CF. The quantitative estimate of drug-likeness (QED) is 0.130. The minimum absolute atomic E-state index is 0.0930. The smallest absolute Gasteiger partial charge is 0.417 e. The second-order valence-corrected chi connectivity index (χ2v) is 10.4. The summed E-state index contributed by atoms with van der Waals surface area (Å²) in [5, 5.41) is 11.4. The third kappa shape index (κ3) is 6.36. The molecule has 0 aliphatic rings. The van der Waals surface area contributed by atoms with E-state index in [1.54, 1.807) is 42.5 Å². The average molecular weight is 633 g/mol. The molecular formula is C35H24F4O7. The molecule has 46 heavy (non-hydrogen) atoms. The molecular weight excluding hydrogens is 608 g/mol. The van der Waals surface area contributed by atoms with Crippen LogP contribution >= 0.6 is 0 Å². The Kier molecular flexibility index (Phi) is 8.33. The Bertz CT molecular complexity index is 2170. The number of rotatable bonds is 9. The number of hydrogen-bond donors (Lipinski definition) is 1. The van der Waals surface area contributed by atoms with Crippen LogP contribution in [0.5, 0.6) is 11.5 Å². The van der Waals surface area contributed by atoms with Crippen molar-refractivity contribution in [2.45, 2.75) is 19.0 Å².